The number of non-ortho nitro benzene ring substituents is 1. The highest BCUT2D eigenvalue weighted by molar-refractivity contribution is 5.64. The van der Waals surface area contributed by atoms with Crippen LogP contribution in [0, 0.1) is 10.1 Å². The van der Waals surface area contributed by atoms with Gasteiger partial charge in [0.2, 0.25) is 6.79 Å². The van der Waals surface area contributed by atoms with Crippen LogP contribution in [0.15, 0.2) is 24.5 Å². The summed E-state index contributed by atoms with van der Waals surface area (Å²) < 4.78 is 10.2. The van der Waals surface area contributed by atoms with E-state index in [0.29, 0.717) is 12.2 Å². The van der Waals surface area contributed by atoms with Crippen LogP contribution >= 0.6 is 0 Å². The lowest BCUT2D eigenvalue weighted by Gasteiger charge is -2.07. The van der Waals surface area contributed by atoms with Crippen molar-refractivity contribution in [3.63, 3.8) is 0 Å². The molecule has 84 valence electrons. The van der Waals surface area contributed by atoms with Gasteiger partial charge in [0.25, 0.3) is 5.69 Å². The lowest BCUT2D eigenvalue weighted by atomic mass is 10.0. The van der Waals surface area contributed by atoms with Crippen LogP contribution in [0.1, 0.15) is 18.1 Å². The Bertz CT molecular complexity index is 453. The van der Waals surface area contributed by atoms with Crippen LogP contribution in [0.25, 0.3) is 5.76 Å². The first-order chi connectivity index (χ1) is 7.72. The quantitative estimate of drug-likeness (QED) is 0.581. The van der Waals surface area contributed by atoms with Gasteiger partial charge in [0.05, 0.1) is 4.92 Å². The normalized spacial score (nSPS) is 13.9. The van der Waals surface area contributed by atoms with E-state index in [0.717, 1.165) is 11.1 Å². The lowest BCUT2D eigenvalue weighted by Crippen LogP contribution is -1.96. The maximum Gasteiger partial charge on any atom is 0.269 e. The van der Waals surface area contributed by atoms with Crippen LogP contribution in [0.2, 0.25) is 0 Å². The van der Waals surface area contributed by atoms with Crippen molar-refractivity contribution in [2.45, 2.75) is 13.3 Å². The number of nitro groups is 1. The number of hydrogen-bond acceptors (Lipinski definition) is 4. The molecular weight excluding hydrogens is 210 g/mol. The van der Waals surface area contributed by atoms with Gasteiger partial charge in [-0.1, -0.05) is 6.92 Å². The second kappa shape index (κ2) is 4.22. The Labute approximate surface area is 92.4 Å². The minimum atomic E-state index is -0.399. The Hall–Kier alpha value is -2.04. The minimum absolute atomic E-state index is 0.0973. The minimum Gasteiger partial charge on any atom is -0.461 e. The first-order valence-electron chi connectivity index (χ1n) is 4.94. The number of rotatable bonds is 3. The molecule has 1 heterocycles. The van der Waals surface area contributed by atoms with Crippen LogP contribution in [-0.4, -0.2) is 11.7 Å². The van der Waals surface area contributed by atoms with Gasteiger partial charge in [-0.3, -0.25) is 10.1 Å². The van der Waals surface area contributed by atoms with Crippen molar-refractivity contribution >= 4 is 11.4 Å². The van der Waals surface area contributed by atoms with Crippen molar-refractivity contribution < 1.29 is 14.4 Å². The highest BCUT2D eigenvalue weighted by Crippen LogP contribution is 2.27. The fourth-order valence-electron chi connectivity index (χ4n) is 1.61. The molecule has 0 fully saturated rings. The Balaban J connectivity index is 2.42. The van der Waals surface area contributed by atoms with E-state index < -0.39 is 4.92 Å². The molecule has 0 saturated carbocycles. The zero-order valence-corrected chi connectivity index (χ0v) is 8.80. The molecule has 0 amide bonds. The molecule has 1 aliphatic rings. The van der Waals surface area contributed by atoms with E-state index >= 15 is 0 Å². The van der Waals surface area contributed by atoms with Crippen LogP contribution in [0.3, 0.4) is 0 Å². The summed E-state index contributed by atoms with van der Waals surface area (Å²) in [6.07, 6.45) is 2.23. The van der Waals surface area contributed by atoms with Crippen LogP contribution in [0.4, 0.5) is 5.69 Å². The predicted octanol–water partition coefficient (Wildman–Crippen LogP) is 2.46. The van der Waals surface area contributed by atoms with Gasteiger partial charge in [-0.25, -0.2) is 0 Å². The SMILES string of the molecule is CCc1cc([N+](=O)[O-])ccc1C1=COCO1. The average molecular weight is 221 g/mol. The molecule has 16 heavy (non-hydrogen) atoms. The number of benzene rings is 1. The van der Waals surface area contributed by atoms with E-state index in [9.17, 15) is 10.1 Å². The van der Waals surface area contributed by atoms with Crippen LogP contribution in [0.5, 0.6) is 0 Å². The Morgan fingerprint density at radius 2 is 2.31 bits per heavy atom. The fraction of sp³-hybridized carbons (Fsp3) is 0.273. The van der Waals surface area contributed by atoms with Crippen LogP contribution in [-0.2, 0) is 15.9 Å². The van der Waals surface area contributed by atoms with E-state index in [-0.39, 0.29) is 12.5 Å². The topological polar surface area (TPSA) is 61.6 Å². The summed E-state index contributed by atoms with van der Waals surface area (Å²) in [5.41, 5.74) is 1.83. The number of nitro benzene ring substituents is 1. The monoisotopic (exact) mass is 221 g/mol. The molecule has 5 heteroatoms. The van der Waals surface area contributed by atoms with Gasteiger partial charge in [-0.05, 0) is 18.1 Å². The summed E-state index contributed by atoms with van der Waals surface area (Å²) in [7, 11) is 0. The first-order valence-corrected chi connectivity index (χ1v) is 4.94. The van der Waals surface area contributed by atoms with Crippen molar-refractivity contribution in [3.05, 3.63) is 45.7 Å². The van der Waals surface area contributed by atoms with Crippen molar-refractivity contribution in [1.82, 2.24) is 0 Å². The molecule has 1 aliphatic heterocycles. The highest BCUT2D eigenvalue weighted by Gasteiger charge is 2.16. The number of nitrogens with zero attached hydrogens (tertiary/aromatic N) is 1. The van der Waals surface area contributed by atoms with Gasteiger partial charge in [0.1, 0.15) is 6.26 Å². The molecule has 0 N–H and O–H groups in total. The van der Waals surface area contributed by atoms with Gasteiger partial charge in [-0.15, -0.1) is 0 Å². The third-order valence-corrected chi connectivity index (χ3v) is 2.42. The number of ether oxygens (including phenoxy) is 2. The zero-order valence-electron chi connectivity index (χ0n) is 8.80. The summed E-state index contributed by atoms with van der Waals surface area (Å²) in [6.45, 7) is 2.15. The fourth-order valence-corrected chi connectivity index (χ4v) is 1.61. The molecule has 0 unspecified atom stereocenters. The second-order valence-corrected chi connectivity index (χ2v) is 3.36. The lowest BCUT2D eigenvalue weighted by molar-refractivity contribution is -0.384. The molecule has 0 aliphatic carbocycles. The van der Waals surface area contributed by atoms with Gasteiger partial charge < -0.3 is 9.47 Å². The molecule has 0 atom stereocenters. The molecule has 1 aromatic rings. The molecule has 0 bridgehead atoms. The van der Waals surface area contributed by atoms with Crippen molar-refractivity contribution in [3.8, 4) is 0 Å². The second-order valence-electron chi connectivity index (χ2n) is 3.36. The van der Waals surface area contributed by atoms with E-state index in [1.54, 1.807) is 12.1 Å². The summed E-state index contributed by atoms with van der Waals surface area (Å²) in [4.78, 5) is 10.2. The van der Waals surface area contributed by atoms with Gasteiger partial charge >= 0.3 is 0 Å². The maximum atomic E-state index is 10.6. The molecule has 0 radical (unpaired) electrons. The smallest absolute Gasteiger partial charge is 0.269 e. The van der Waals surface area contributed by atoms with E-state index in [4.69, 9.17) is 9.47 Å². The van der Waals surface area contributed by atoms with Gasteiger partial charge in [0, 0.05) is 17.7 Å². The molecular formula is C11H11NO4. The molecule has 0 spiro atoms. The predicted molar refractivity (Wildman–Crippen MR) is 57.5 cm³/mol. The largest absolute Gasteiger partial charge is 0.461 e. The molecule has 2 rings (SSSR count). The highest BCUT2D eigenvalue weighted by atomic mass is 16.7. The van der Waals surface area contributed by atoms with Crippen LogP contribution < -0.4 is 0 Å². The summed E-state index contributed by atoms with van der Waals surface area (Å²) in [6, 6.07) is 4.73. The number of aryl methyl sites for hydroxylation is 1. The molecule has 1 aromatic carbocycles. The Kier molecular flexibility index (Phi) is 2.76. The van der Waals surface area contributed by atoms with Gasteiger partial charge in [0.15, 0.2) is 5.76 Å². The van der Waals surface area contributed by atoms with E-state index in [1.165, 1.54) is 12.3 Å². The molecule has 0 saturated heterocycles. The van der Waals surface area contributed by atoms with E-state index in [1.807, 2.05) is 6.92 Å². The zero-order chi connectivity index (χ0) is 11.5. The van der Waals surface area contributed by atoms with Gasteiger partial charge in [-0.2, -0.15) is 0 Å². The molecule has 0 aromatic heterocycles. The summed E-state index contributed by atoms with van der Waals surface area (Å²) >= 11 is 0. The third-order valence-electron chi connectivity index (χ3n) is 2.42. The Morgan fingerprint density at radius 3 is 2.88 bits per heavy atom. The standard InChI is InChI=1S/C11H11NO4/c1-2-8-5-9(12(13)14)3-4-10(8)11-6-15-7-16-11/h3-6H,2,7H2,1H3. The molecule has 5 nitrogen and oxygen atoms in total. The first kappa shape index (κ1) is 10.5. The van der Waals surface area contributed by atoms with Crippen molar-refractivity contribution in [1.29, 1.82) is 0 Å². The van der Waals surface area contributed by atoms with Crippen molar-refractivity contribution in [2.24, 2.45) is 0 Å². The van der Waals surface area contributed by atoms with Crippen molar-refractivity contribution in [2.75, 3.05) is 6.79 Å². The average Bonchev–Trinajstić information content (AvgIpc) is 2.81. The third kappa shape index (κ3) is 1.84. The van der Waals surface area contributed by atoms with E-state index in [2.05, 4.69) is 0 Å². The maximum absolute atomic E-state index is 10.6. The summed E-state index contributed by atoms with van der Waals surface area (Å²) in [5, 5.41) is 10.6. The number of hydrogen-bond donors (Lipinski definition) is 0. The summed E-state index contributed by atoms with van der Waals surface area (Å²) in [5.74, 6) is 0.631. The Morgan fingerprint density at radius 1 is 1.50 bits per heavy atom.